The summed E-state index contributed by atoms with van der Waals surface area (Å²) in [5.74, 6) is 0.897. The van der Waals surface area contributed by atoms with E-state index in [1.165, 1.54) is 48.7 Å². The number of para-hydroxylation sites is 1. The third kappa shape index (κ3) is 4.40. The lowest BCUT2D eigenvalue weighted by Gasteiger charge is -2.17. The molecule has 3 heterocycles. The Bertz CT molecular complexity index is 2320. The second kappa shape index (κ2) is 11.1. The van der Waals surface area contributed by atoms with Gasteiger partial charge in [0.1, 0.15) is 5.82 Å². The zero-order valence-electron chi connectivity index (χ0n) is 25.0. The smallest absolute Gasteiger partial charge is 0.138 e. The summed E-state index contributed by atoms with van der Waals surface area (Å²) < 4.78 is 2.44. The summed E-state index contributed by atoms with van der Waals surface area (Å²) in [6, 6.07) is 60.7. The number of benzene rings is 6. The zero-order valence-corrected chi connectivity index (χ0v) is 25.8. The van der Waals surface area contributed by atoms with E-state index < -0.39 is 0 Å². The predicted octanol–water partition coefficient (Wildman–Crippen LogP) is 11.8. The van der Waals surface area contributed by atoms with Crippen molar-refractivity contribution in [2.75, 3.05) is 0 Å². The fraction of sp³-hybridized carbons (Fsp3) is 0. The van der Waals surface area contributed by atoms with Crippen molar-refractivity contribution in [1.29, 1.82) is 0 Å². The molecule has 3 heteroatoms. The third-order valence-corrected chi connectivity index (χ3v) is 9.96. The molecular formula is C43H28N2S. The molecule has 0 fully saturated rings. The average molecular weight is 605 g/mol. The first kappa shape index (κ1) is 26.7. The molecule has 0 atom stereocenters. The van der Waals surface area contributed by atoms with Crippen LogP contribution < -0.4 is 0 Å². The van der Waals surface area contributed by atoms with Gasteiger partial charge in [-0.2, -0.15) is 0 Å². The van der Waals surface area contributed by atoms with E-state index in [0.717, 1.165) is 33.7 Å². The Hall–Kier alpha value is -5.64. The Morgan fingerprint density at radius 1 is 0.435 bits per heavy atom. The molecule has 0 unspecified atom stereocenters. The van der Waals surface area contributed by atoms with Crippen LogP contribution in [0.3, 0.4) is 0 Å². The van der Waals surface area contributed by atoms with Crippen LogP contribution in [0, 0.1) is 0 Å². The van der Waals surface area contributed by atoms with Gasteiger partial charge in [0.15, 0.2) is 0 Å². The number of pyridine rings is 1. The molecule has 0 bridgehead atoms. The third-order valence-electron chi connectivity index (χ3n) is 8.81. The molecule has 0 spiro atoms. The topological polar surface area (TPSA) is 17.8 Å². The molecule has 0 saturated heterocycles. The van der Waals surface area contributed by atoms with E-state index in [-0.39, 0.29) is 0 Å². The monoisotopic (exact) mass is 604 g/mol. The minimum absolute atomic E-state index is 0.897. The van der Waals surface area contributed by atoms with E-state index in [0.29, 0.717) is 0 Å². The largest absolute Gasteiger partial charge is 0.292 e. The van der Waals surface area contributed by atoms with E-state index in [9.17, 15) is 0 Å². The Morgan fingerprint density at radius 2 is 1.00 bits per heavy atom. The van der Waals surface area contributed by atoms with Crippen LogP contribution in [-0.2, 0) is 0 Å². The van der Waals surface area contributed by atoms with Gasteiger partial charge in [-0.3, -0.25) is 4.57 Å². The number of aromatic nitrogens is 2. The normalized spacial score (nSPS) is 11.8. The second-order valence-electron chi connectivity index (χ2n) is 11.6. The fourth-order valence-electron chi connectivity index (χ4n) is 6.76. The summed E-state index contributed by atoms with van der Waals surface area (Å²) in [7, 11) is 0. The van der Waals surface area contributed by atoms with Crippen LogP contribution in [0.2, 0.25) is 0 Å². The van der Waals surface area contributed by atoms with Gasteiger partial charge in [-0.1, -0.05) is 157 Å². The molecule has 0 N–H and O–H groups in total. The summed E-state index contributed by atoms with van der Waals surface area (Å²) in [6.07, 6.45) is 0. The number of nitrogens with zero attached hydrogens (tertiary/aromatic N) is 2. The highest BCUT2D eigenvalue weighted by Gasteiger charge is 2.29. The van der Waals surface area contributed by atoms with Crippen LogP contribution in [0.4, 0.5) is 0 Å². The summed E-state index contributed by atoms with van der Waals surface area (Å²) in [4.78, 5) is 7.98. The van der Waals surface area contributed by atoms with Crippen LogP contribution in [0.1, 0.15) is 0 Å². The Morgan fingerprint density at radius 3 is 1.72 bits per heavy atom. The van der Waals surface area contributed by atoms with Gasteiger partial charge in [-0.25, -0.2) is 4.98 Å². The Kier molecular flexibility index (Phi) is 6.43. The number of rotatable bonds is 4. The van der Waals surface area contributed by atoms with Crippen molar-refractivity contribution in [3.8, 4) is 61.7 Å². The van der Waals surface area contributed by atoms with E-state index in [2.05, 4.69) is 174 Å². The average Bonchev–Trinajstić information content (AvgIpc) is 3.40. The number of hydrogen-bond acceptors (Lipinski definition) is 2. The van der Waals surface area contributed by atoms with Gasteiger partial charge in [0, 0.05) is 37.4 Å². The highest BCUT2D eigenvalue weighted by atomic mass is 32.2. The lowest BCUT2D eigenvalue weighted by atomic mass is 9.96. The van der Waals surface area contributed by atoms with Crippen LogP contribution in [0.25, 0.3) is 72.6 Å². The number of hydrogen-bond donors (Lipinski definition) is 0. The number of fused-ring (bicyclic) bond motifs is 7. The quantitative estimate of drug-likeness (QED) is 0.199. The van der Waals surface area contributed by atoms with Gasteiger partial charge in [0.2, 0.25) is 0 Å². The molecule has 2 aromatic heterocycles. The van der Waals surface area contributed by atoms with Gasteiger partial charge < -0.3 is 0 Å². The SMILES string of the molecule is c1ccc(-c2cc(-c3ccccc3)nc(-n3c4c(c5cccc(-c6ccccc6)c53)-c3ccccc3Sc3ccccc3-4)c2)cc1. The lowest BCUT2D eigenvalue weighted by molar-refractivity contribution is 1.05. The molecule has 1 aliphatic heterocycles. The molecular weight excluding hydrogens is 577 g/mol. The first-order chi connectivity index (χ1) is 22.8. The van der Waals surface area contributed by atoms with Gasteiger partial charge >= 0.3 is 0 Å². The van der Waals surface area contributed by atoms with Gasteiger partial charge in [0.05, 0.1) is 16.9 Å². The first-order valence-corrected chi connectivity index (χ1v) is 16.4. The van der Waals surface area contributed by atoms with Gasteiger partial charge in [0.25, 0.3) is 0 Å². The van der Waals surface area contributed by atoms with Crippen LogP contribution in [0.15, 0.2) is 180 Å². The maximum absolute atomic E-state index is 5.48. The minimum atomic E-state index is 0.897. The molecule has 46 heavy (non-hydrogen) atoms. The van der Waals surface area contributed by atoms with Crippen molar-refractivity contribution in [3.05, 3.63) is 170 Å². The van der Waals surface area contributed by atoms with Crippen LogP contribution in [0.5, 0.6) is 0 Å². The fourth-order valence-corrected chi connectivity index (χ4v) is 7.85. The summed E-state index contributed by atoms with van der Waals surface area (Å²) >= 11 is 1.84. The van der Waals surface area contributed by atoms with Gasteiger partial charge in [-0.15, -0.1) is 0 Å². The van der Waals surface area contributed by atoms with E-state index in [1.807, 2.05) is 11.8 Å². The molecule has 6 aromatic carbocycles. The Labute approximate surface area is 272 Å². The molecule has 8 aromatic rings. The Balaban J connectivity index is 1.48. The molecule has 1 aliphatic rings. The molecule has 0 amide bonds. The molecule has 216 valence electrons. The molecule has 0 aliphatic carbocycles. The summed E-state index contributed by atoms with van der Waals surface area (Å²) in [6.45, 7) is 0. The lowest BCUT2D eigenvalue weighted by Crippen LogP contribution is -2.03. The standard InChI is InChI=1S/C43H28N2S/c1-4-15-29(16-5-1)32-27-37(31-19-8-3-9-20-31)44-40(28-32)45-42-33(30-17-6-2-7-18-30)23-14-24-36(42)41-34-21-10-12-25-38(34)46-39-26-13-11-22-35(39)43(41)45/h1-28H. The zero-order chi connectivity index (χ0) is 30.5. The minimum Gasteiger partial charge on any atom is -0.292 e. The first-order valence-electron chi connectivity index (χ1n) is 15.6. The van der Waals surface area contributed by atoms with E-state index in [4.69, 9.17) is 4.98 Å². The van der Waals surface area contributed by atoms with Crippen molar-refractivity contribution in [1.82, 2.24) is 9.55 Å². The van der Waals surface area contributed by atoms with Crippen LogP contribution >= 0.6 is 11.8 Å². The summed E-state index contributed by atoms with van der Waals surface area (Å²) in [5.41, 5.74) is 12.7. The van der Waals surface area contributed by atoms with Crippen LogP contribution in [-0.4, -0.2) is 9.55 Å². The highest BCUT2D eigenvalue weighted by molar-refractivity contribution is 7.99. The van der Waals surface area contributed by atoms with Gasteiger partial charge in [-0.05, 0) is 46.5 Å². The van der Waals surface area contributed by atoms with Crippen molar-refractivity contribution in [3.63, 3.8) is 0 Å². The van der Waals surface area contributed by atoms with Crippen molar-refractivity contribution < 1.29 is 0 Å². The maximum Gasteiger partial charge on any atom is 0.138 e. The molecule has 0 radical (unpaired) electrons. The highest BCUT2D eigenvalue weighted by Crippen LogP contribution is 2.53. The molecule has 9 rings (SSSR count). The maximum atomic E-state index is 5.48. The van der Waals surface area contributed by atoms with Crippen molar-refractivity contribution in [2.45, 2.75) is 9.79 Å². The van der Waals surface area contributed by atoms with E-state index in [1.54, 1.807) is 0 Å². The van der Waals surface area contributed by atoms with Crippen molar-refractivity contribution in [2.24, 2.45) is 0 Å². The molecule has 0 saturated carbocycles. The second-order valence-corrected chi connectivity index (χ2v) is 12.6. The van der Waals surface area contributed by atoms with Crippen molar-refractivity contribution >= 4 is 22.7 Å². The predicted molar refractivity (Wildman–Crippen MR) is 192 cm³/mol. The summed E-state index contributed by atoms with van der Waals surface area (Å²) in [5, 5.41) is 1.22. The van der Waals surface area contributed by atoms with E-state index >= 15 is 0 Å². The molecule has 2 nitrogen and oxygen atoms in total.